The van der Waals surface area contributed by atoms with Crippen molar-refractivity contribution >= 4 is 0 Å². The number of aryl methyl sites for hydroxylation is 2. The third-order valence-corrected chi connectivity index (χ3v) is 3.57. The van der Waals surface area contributed by atoms with Crippen molar-refractivity contribution in [3.63, 3.8) is 0 Å². The summed E-state index contributed by atoms with van der Waals surface area (Å²) in [5, 5.41) is 3.44. The lowest BCUT2D eigenvalue weighted by atomic mass is 10.0. The second-order valence-electron chi connectivity index (χ2n) is 5.41. The molecule has 0 amide bonds. The summed E-state index contributed by atoms with van der Waals surface area (Å²) < 4.78 is 15.8. The standard InChI is InChI=1S/C17H24FN3/c1-4-7-21-8-6-20-17(21)12-16(19-5-2)14-9-13(3)10-15(18)11-14/h6,8-11,16,19H,4-5,7,12H2,1-3H3. The Morgan fingerprint density at radius 2 is 2.10 bits per heavy atom. The molecule has 0 bridgehead atoms. The van der Waals surface area contributed by atoms with Gasteiger partial charge in [0.1, 0.15) is 11.6 Å². The molecular formula is C17H24FN3. The summed E-state index contributed by atoms with van der Waals surface area (Å²) >= 11 is 0. The van der Waals surface area contributed by atoms with E-state index in [9.17, 15) is 4.39 Å². The van der Waals surface area contributed by atoms with Gasteiger partial charge in [0, 0.05) is 31.4 Å². The van der Waals surface area contributed by atoms with Crippen LogP contribution in [0.3, 0.4) is 0 Å². The predicted octanol–water partition coefficient (Wildman–Crippen LogP) is 3.63. The van der Waals surface area contributed by atoms with Crippen molar-refractivity contribution in [3.8, 4) is 0 Å². The summed E-state index contributed by atoms with van der Waals surface area (Å²) in [4.78, 5) is 4.46. The minimum Gasteiger partial charge on any atom is -0.335 e. The maximum absolute atomic E-state index is 13.7. The minimum atomic E-state index is -0.176. The normalized spacial score (nSPS) is 12.6. The number of rotatable bonds is 7. The molecule has 0 saturated carbocycles. The topological polar surface area (TPSA) is 29.9 Å². The highest BCUT2D eigenvalue weighted by Gasteiger charge is 2.15. The minimum absolute atomic E-state index is 0.0856. The van der Waals surface area contributed by atoms with E-state index in [1.807, 2.05) is 25.4 Å². The lowest BCUT2D eigenvalue weighted by Crippen LogP contribution is -2.24. The van der Waals surface area contributed by atoms with Crippen LogP contribution < -0.4 is 5.32 Å². The third kappa shape index (κ3) is 4.14. The zero-order valence-corrected chi connectivity index (χ0v) is 13.1. The van der Waals surface area contributed by atoms with Crippen LogP contribution in [0.4, 0.5) is 4.39 Å². The molecule has 2 rings (SSSR count). The van der Waals surface area contributed by atoms with Crippen molar-refractivity contribution in [1.82, 2.24) is 14.9 Å². The molecule has 1 atom stereocenters. The molecule has 1 heterocycles. The molecule has 0 fully saturated rings. The Hall–Kier alpha value is -1.68. The molecular weight excluding hydrogens is 265 g/mol. The monoisotopic (exact) mass is 289 g/mol. The lowest BCUT2D eigenvalue weighted by molar-refractivity contribution is 0.512. The van der Waals surface area contributed by atoms with Crippen LogP contribution in [0.2, 0.25) is 0 Å². The van der Waals surface area contributed by atoms with Gasteiger partial charge in [-0.25, -0.2) is 9.37 Å². The molecule has 21 heavy (non-hydrogen) atoms. The number of halogens is 1. The maximum Gasteiger partial charge on any atom is 0.123 e. The number of benzene rings is 1. The summed E-state index contributed by atoms with van der Waals surface area (Å²) in [6.07, 6.45) is 5.70. The number of hydrogen-bond donors (Lipinski definition) is 1. The van der Waals surface area contributed by atoms with Gasteiger partial charge in [-0.05, 0) is 43.1 Å². The summed E-state index contributed by atoms with van der Waals surface area (Å²) in [5.41, 5.74) is 1.94. The van der Waals surface area contributed by atoms with Crippen molar-refractivity contribution in [2.24, 2.45) is 0 Å². The van der Waals surface area contributed by atoms with Gasteiger partial charge in [-0.15, -0.1) is 0 Å². The molecule has 1 unspecified atom stereocenters. The summed E-state index contributed by atoms with van der Waals surface area (Å²) in [6, 6.07) is 5.31. The average Bonchev–Trinajstić information content (AvgIpc) is 2.85. The van der Waals surface area contributed by atoms with Gasteiger partial charge in [0.2, 0.25) is 0 Å². The fourth-order valence-corrected chi connectivity index (χ4v) is 2.68. The van der Waals surface area contributed by atoms with Gasteiger partial charge in [0.15, 0.2) is 0 Å². The molecule has 0 aliphatic carbocycles. The van der Waals surface area contributed by atoms with Crippen LogP contribution in [-0.4, -0.2) is 16.1 Å². The fraction of sp³-hybridized carbons (Fsp3) is 0.471. The molecule has 1 aromatic heterocycles. The van der Waals surface area contributed by atoms with Crippen LogP contribution in [0.5, 0.6) is 0 Å². The Morgan fingerprint density at radius 1 is 1.29 bits per heavy atom. The van der Waals surface area contributed by atoms with Crippen LogP contribution in [0, 0.1) is 12.7 Å². The molecule has 0 aliphatic heterocycles. The van der Waals surface area contributed by atoms with Gasteiger partial charge in [-0.1, -0.05) is 19.9 Å². The van der Waals surface area contributed by atoms with E-state index in [2.05, 4.69) is 28.7 Å². The van der Waals surface area contributed by atoms with E-state index < -0.39 is 0 Å². The van der Waals surface area contributed by atoms with Crippen LogP contribution in [0.15, 0.2) is 30.6 Å². The number of nitrogens with zero attached hydrogens (tertiary/aromatic N) is 2. The SMILES string of the molecule is CCCn1ccnc1CC(NCC)c1cc(C)cc(F)c1. The third-order valence-electron chi connectivity index (χ3n) is 3.57. The molecule has 114 valence electrons. The van der Waals surface area contributed by atoms with Gasteiger partial charge < -0.3 is 9.88 Å². The second-order valence-corrected chi connectivity index (χ2v) is 5.41. The van der Waals surface area contributed by atoms with Crippen molar-refractivity contribution in [2.75, 3.05) is 6.54 Å². The highest BCUT2D eigenvalue weighted by Crippen LogP contribution is 2.20. The summed E-state index contributed by atoms with van der Waals surface area (Å²) in [6.45, 7) is 7.96. The quantitative estimate of drug-likeness (QED) is 0.843. The first kappa shape index (κ1) is 15.7. The highest BCUT2D eigenvalue weighted by atomic mass is 19.1. The van der Waals surface area contributed by atoms with Gasteiger partial charge in [0.05, 0.1) is 0 Å². The second kappa shape index (κ2) is 7.36. The lowest BCUT2D eigenvalue weighted by Gasteiger charge is -2.19. The maximum atomic E-state index is 13.7. The van der Waals surface area contributed by atoms with Crippen LogP contribution in [0.1, 0.15) is 43.3 Å². The molecule has 0 saturated heterocycles. The van der Waals surface area contributed by atoms with Gasteiger partial charge in [0.25, 0.3) is 0 Å². The number of likely N-dealkylation sites (N-methyl/N-ethyl adjacent to an activating group) is 1. The Morgan fingerprint density at radius 3 is 2.76 bits per heavy atom. The zero-order chi connectivity index (χ0) is 15.2. The van der Waals surface area contributed by atoms with Crippen molar-refractivity contribution in [3.05, 3.63) is 53.4 Å². The van der Waals surface area contributed by atoms with E-state index in [0.29, 0.717) is 0 Å². The molecule has 0 radical (unpaired) electrons. The summed E-state index contributed by atoms with van der Waals surface area (Å²) in [7, 11) is 0. The van der Waals surface area contributed by atoms with Crippen LogP contribution >= 0.6 is 0 Å². The fourth-order valence-electron chi connectivity index (χ4n) is 2.68. The summed E-state index contributed by atoms with van der Waals surface area (Å²) in [5.74, 6) is 0.870. The average molecular weight is 289 g/mol. The van der Waals surface area contributed by atoms with Gasteiger partial charge in [-0.3, -0.25) is 0 Å². The molecule has 4 heteroatoms. The van der Waals surface area contributed by atoms with E-state index in [-0.39, 0.29) is 11.9 Å². The molecule has 0 spiro atoms. The van der Waals surface area contributed by atoms with Gasteiger partial charge in [-0.2, -0.15) is 0 Å². The first-order valence-corrected chi connectivity index (χ1v) is 7.64. The number of nitrogens with one attached hydrogen (secondary N) is 1. The van der Waals surface area contributed by atoms with Crippen molar-refractivity contribution in [1.29, 1.82) is 0 Å². The number of aromatic nitrogens is 2. The smallest absolute Gasteiger partial charge is 0.123 e. The molecule has 0 aliphatic rings. The number of hydrogen-bond acceptors (Lipinski definition) is 2. The van der Waals surface area contributed by atoms with E-state index in [4.69, 9.17) is 0 Å². The van der Waals surface area contributed by atoms with Crippen LogP contribution in [0.25, 0.3) is 0 Å². The largest absolute Gasteiger partial charge is 0.335 e. The molecule has 1 N–H and O–H groups in total. The Bertz CT molecular complexity index is 557. The van der Waals surface area contributed by atoms with Crippen LogP contribution in [-0.2, 0) is 13.0 Å². The predicted molar refractivity (Wildman–Crippen MR) is 83.8 cm³/mol. The number of imidazole rings is 1. The van der Waals surface area contributed by atoms with Crippen molar-refractivity contribution in [2.45, 2.75) is 46.2 Å². The zero-order valence-electron chi connectivity index (χ0n) is 13.1. The van der Waals surface area contributed by atoms with Crippen molar-refractivity contribution < 1.29 is 4.39 Å². The molecule has 3 nitrogen and oxygen atoms in total. The first-order valence-electron chi connectivity index (χ1n) is 7.64. The Kier molecular flexibility index (Phi) is 5.51. The van der Waals surface area contributed by atoms with Gasteiger partial charge >= 0.3 is 0 Å². The highest BCUT2D eigenvalue weighted by molar-refractivity contribution is 5.27. The molecule has 2 aromatic rings. The first-order chi connectivity index (χ1) is 10.1. The Balaban J connectivity index is 2.24. The van der Waals surface area contributed by atoms with E-state index in [1.165, 1.54) is 0 Å². The van der Waals surface area contributed by atoms with E-state index >= 15 is 0 Å². The molecule has 1 aromatic carbocycles. The van der Waals surface area contributed by atoms with E-state index in [0.717, 1.165) is 42.9 Å². The Labute approximate surface area is 126 Å². The van der Waals surface area contributed by atoms with E-state index in [1.54, 1.807) is 12.1 Å².